The summed E-state index contributed by atoms with van der Waals surface area (Å²) in [6.07, 6.45) is 5.42. The molecule has 0 radical (unpaired) electrons. The van der Waals surface area contributed by atoms with Crippen LogP contribution in [0.4, 0.5) is 5.13 Å². The third-order valence-corrected chi connectivity index (χ3v) is 6.38. The first-order valence-corrected chi connectivity index (χ1v) is 10.7. The van der Waals surface area contributed by atoms with Gasteiger partial charge in [-0.1, -0.05) is 60.6 Å². The van der Waals surface area contributed by atoms with Gasteiger partial charge in [-0.05, 0) is 25.0 Å². The van der Waals surface area contributed by atoms with Gasteiger partial charge >= 0.3 is 0 Å². The van der Waals surface area contributed by atoms with Gasteiger partial charge in [0.25, 0.3) is 0 Å². The van der Waals surface area contributed by atoms with Crippen molar-refractivity contribution in [1.82, 2.24) is 20.4 Å². The van der Waals surface area contributed by atoms with Crippen molar-refractivity contribution in [2.75, 3.05) is 5.32 Å². The van der Waals surface area contributed by atoms with Crippen molar-refractivity contribution >= 4 is 34.1 Å². The Morgan fingerprint density at radius 1 is 1.11 bits per heavy atom. The van der Waals surface area contributed by atoms with Gasteiger partial charge in [0, 0.05) is 11.5 Å². The van der Waals surface area contributed by atoms with Gasteiger partial charge in [-0.15, -0.1) is 20.4 Å². The molecule has 3 aromatic rings. The summed E-state index contributed by atoms with van der Waals surface area (Å²) in [4.78, 5) is 12.3. The van der Waals surface area contributed by atoms with Crippen LogP contribution in [0, 0.1) is 5.92 Å². The van der Waals surface area contributed by atoms with Crippen molar-refractivity contribution in [2.24, 2.45) is 5.92 Å². The number of nitrogens with one attached hydrogen (secondary N) is 1. The number of carbonyl (C=O) groups is 1. The summed E-state index contributed by atoms with van der Waals surface area (Å²) >= 11 is 2.83. The summed E-state index contributed by atoms with van der Waals surface area (Å²) in [5.74, 6) is 1.71. The van der Waals surface area contributed by atoms with E-state index >= 15 is 0 Å². The van der Waals surface area contributed by atoms with Gasteiger partial charge < -0.3 is 9.73 Å². The van der Waals surface area contributed by atoms with E-state index in [0.717, 1.165) is 35.6 Å². The summed E-state index contributed by atoms with van der Waals surface area (Å²) in [6, 6.07) is 9.65. The maximum atomic E-state index is 12.3. The third-order valence-electron chi connectivity index (χ3n) is 4.42. The molecule has 1 aliphatic carbocycles. The molecule has 0 saturated heterocycles. The average molecular weight is 402 g/mol. The minimum Gasteiger partial charge on any atom is -0.420 e. The van der Waals surface area contributed by atoms with Gasteiger partial charge in [0.2, 0.25) is 22.8 Å². The molecular weight excluding hydrogens is 382 g/mol. The first kappa shape index (κ1) is 18.1. The highest BCUT2D eigenvalue weighted by Crippen LogP contribution is 2.30. The van der Waals surface area contributed by atoms with E-state index in [2.05, 4.69) is 25.7 Å². The second-order valence-corrected chi connectivity index (χ2v) is 8.55. The highest BCUT2D eigenvalue weighted by atomic mass is 32.2. The predicted molar refractivity (Wildman–Crippen MR) is 104 cm³/mol. The molecule has 140 valence electrons. The van der Waals surface area contributed by atoms with Crippen LogP contribution in [-0.4, -0.2) is 26.3 Å². The van der Waals surface area contributed by atoms with Gasteiger partial charge in [0.05, 0.1) is 5.75 Å². The van der Waals surface area contributed by atoms with E-state index in [-0.39, 0.29) is 11.8 Å². The van der Waals surface area contributed by atoms with Crippen LogP contribution in [0.15, 0.2) is 39.1 Å². The van der Waals surface area contributed by atoms with Crippen molar-refractivity contribution in [2.45, 2.75) is 42.2 Å². The van der Waals surface area contributed by atoms with Gasteiger partial charge in [-0.25, -0.2) is 0 Å². The van der Waals surface area contributed by atoms with Gasteiger partial charge in [-0.3, -0.25) is 4.79 Å². The van der Waals surface area contributed by atoms with Crippen LogP contribution in [0.3, 0.4) is 0 Å². The summed E-state index contributed by atoms with van der Waals surface area (Å²) in [6.45, 7) is 0. The van der Waals surface area contributed by atoms with Crippen molar-refractivity contribution < 1.29 is 9.21 Å². The van der Waals surface area contributed by atoms with Crippen molar-refractivity contribution in [3.63, 3.8) is 0 Å². The molecule has 4 rings (SSSR count). The lowest BCUT2D eigenvalue weighted by molar-refractivity contribution is -0.120. The maximum Gasteiger partial charge on any atom is 0.247 e. The van der Waals surface area contributed by atoms with Crippen LogP contribution in [0.25, 0.3) is 11.5 Å². The van der Waals surface area contributed by atoms with Crippen LogP contribution in [0.2, 0.25) is 0 Å². The number of carbonyl (C=O) groups excluding carboxylic acids is 1. The molecule has 27 heavy (non-hydrogen) atoms. The molecule has 9 heteroatoms. The van der Waals surface area contributed by atoms with Crippen LogP contribution < -0.4 is 5.32 Å². The Morgan fingerprint density at radius 3 is 2.74 bits per heavy atom. The fraction of sp³-hybridized carbons (Fsp3) is 0.389. The number of aromatic nitrogens is 4. The Hall–Kier alpha value is -2.26. The molecule has 0 atom stereocenters. The summed E-state index contributed by atoms with van der Waals surface area (Å²) in [5.41, 5.74) is 0.893. The molecule has 1 saturated carbocycles. The molecule has 0 spiro atoms. The first-order chi connectivity index (χ1) is 13.3. The lowest BCUT2D eigenvalue weighted by Crippen LogP contribution is -2.24. The highest BCUT2D eigenvalue weighted by Gasteiger charge is 2.22. The van der Waals surface area contributed by atoms with Gasteiger partial charge in [0.15, 0.2) is 4.34 Å². The Labute approximate surface area is 165 Å². The molecule has 2 heterocycles. The molecule has 7 nitrogen and oxygen atoms in total. The predicted octanol–water partition coefficient (Wildman–Crippen LogP) is 4.40. The van der Waals surface area contributed by atoms with E-state index in [4.69, 9.17) is 4.42 Å². The Bertz CT molecular complexity index is 890. The zero-order chi connectivity index (χ0) is 18.5. The van der Waals surface area contributed by atoms with E-state index < -0.39 is 0 Å². The molecule has 1 aromatic carbocycles. The number of anilines is 1. The molecule has 0 aliphatic heterocycles. The monoisotopic (exact) mass is 401 g/mol. The van der Waals surface area contributed by atoms with E-state index in [0.29, 0.717) is 22.7 Å². The van der Waals surface area contributed by atoms with Gasteiger partial charge in [0.1, 0.15) is 0 Å². The first-order valence-electron chi connectivity index (χ1n) is 8.93. The molecular formula is C18H19N5O2S2. The zero-order valence-corrected chi connectivity index (χ0v) is 16.3. The highest BCUT2D eigenvalue weighted by molar-refractivity contribution is 8.00. The van der Waals surface area contributed by atoms with E-state index in [9.17, 15) is 4.79 Å². The number of hydrogen-bond donors (Lipinski definition) is 1. The fourth-order valence-corrected chi connectivity index (χ4v) is 4.62. The molecule has 2 aromatic heterocycles. The average Bonchev–Trinajstić information content (AvgIpc) is 3.37. The molecule has 0 unspecified atom stereocenters. The fourth-order valence-electron chi connectivity index (χ4n) is 3.02. The molecule has 1 N–H and O–H groups in total. The Morgan fingerprint density at radius 2 is 1.93 bits per heavy atom. The number of thioether (sulfide) groups is 1. The minimum absolute atomic E-state index is 0.0619. The Kier molecular flexibility index (Phi) is 5.78. The van der Waals surface area contributed by atoms with E-state index in [1.54, 1.807) is 0 Å². The number of nitrogens with zero attached hydrogens (tertiary/aromatic N) is 4. The van der Waals surface area contributed by atoms with Crippen LogP contribution in [0.5, 0.6) is 0 Å². The Balaban J connectivity index is 1.31. The summed E-state index contributed by atoms with van der Waals surface area (Å²) in [5, 5.41) is 19.8. The summed E-state index contributed by atoms with van der Waals surface area (Å²) in [7, 11) is 0. The van der Waals surface area contributed by atoms with Crippen molar-refractivity contribution in [1.29, 1.82) is 0 Å². The van der Waals surface area contributed by atoms with Crippen LogP contribution in [0.1, 0.15) is 38.0 Å². The number of rotatable bonds is 6. The number of amides is 1. The van der Waals surface area contributed by atoms with Gasteiger partial charge in [-0.2, -0.15) is 0 Å². The SMILES string of the molecule is O=C(Nc1nnc(SCc2nnc(-c3ccccc3)o2)s1)C1CCCCC1. The second kappa shape index (κ2) is 8.62. The number of benzene rings is 1. The third kappa shape index (κ3) is 4.72. The zero-order valence-electron chi connectivity index (χ0n) is 14.6. The second-order valence-electron chi connectivity index (χ2n) is 6.35. The lowest BCUT2D eigenvalue weighted by atomic mass is 9.89. The number of hydrogen-bond acceptors (Lipinski definition) is 8. The van der Waals surface area contributed by atoms with Crippen molar-refractivity contribution in [3.8, 4) is 11.5 Å². The molecule has 0 bridgehead atoms. The largest absolute Gasteiger partial charge is 0.420 e. The lowest BCUT2D eigenvalue weighted by Gasteiger charge is -2.19. The van der Waals surface area contributed by atoms with Crippen LogP contribution >= 0.6 is 23.1 Å². The topological polar surface area (TPSA) is 93.8 Å². The minimum atomic E-state index is 0.0619. The summed E-state index contributed by atoms with van der Waals surface area (Å²) < 4.78 is 6.44. The van der Waals surface area contributed by atoms with E-state index in [1.807, 2.05) is 30.3 Å². The maximum absolute atomic E-state index is 12.3. The standard InChI is InChI=1S/C18H19N5O2S2/c24-15(12-7-3-1-4-8-12)19-17-22-23-18(27-17)26-11-14-20-21-16(25-14)13-9-5-2-6-10-13/h2,5-6,9-10,12H,1,3-4,7-8,11H2,(H,19,22,24). The van der Waals surface area contributed by atoms with E-state index in [1.165, 1.54) is 29.5 Å². The molecule has 1 fully saturated rings. The molecule has 1 aliphatic rings. The van der Waals surface area contributed by atoms with Crippen molar-refractivity contribution in [3.05, 3.63) is 36.2 Å². The molecule has 1 amide bonds. The normalized spacial score (nSPS) is 15.0. The smallest absolute Gasteiger partial charge is 0.247 e. The quantitative estimate of drug-likeness (QED) is 0.483. The van der Waals surface area contributed by atoms with Crippen LogP contribution in [-0.2, 0) is 10.5 Å².